The molecule has 0 aliphatic carbocycles. The van der Waals surface area contributed by atoms with E-state index in [1.165, 1.54) is 12.1 Å². The van der Waals surface area contributed by atoms with Gasteiger partial charge < -0.3 is 10.1 Å². The number of rotatable bonds is 4. The van der Waals surface area contributed by atoms with Crippen LogP contribution in [0.5, 0.6) is 5.75 Å². The molecule has 4 N–H and O–H groups in total. The van der Waals surface area contributed by atoms with Crippen molar-refractivity contribution in [3.8, 4) is 5.75 Å². The molecule has 1 fully saturated rings. The van der Waals surface area contributed by atoms with Crippen LogP contribution in [0.4, 0.5) is 18.9 Å². The zero-order valence-corrected chi connectivity index (χ0v) is 18.0. The summed E-state index contributed by atoms with van der Waals surface area (Å²) in [7, 11) is -1.73. The van der Waals surface area contributed by atoms with Crippen LogP contribution < -0.4 is 26.4 Å². The number of nitrogens with zero attached hydrogens (tertiary/aromatic N) is 2. The van der Waals surface area contributed by atoms with Gasteiger partial charge in [-0.3, -0.25) is 19.9 Å². The SMILES string of the molecule is CN1NNN=C1NC(=O)c1ccc(OC(F)(F)F)c(NC(=O)C2CCS(=O)(=O)CC2)c1Cl. The van der Waals surface area contributed by atoms with Gasteiger partial charge >= 0.3 is 6.36 Å². The third-order valence-corrected chi connectivity index (χ3v) is 6.78. The van der Waals surface area contributed by atoms with Crippen LogP contribution >= 0.6 is 11.6 Å². The highest BCUT2D eigenvalue weighted by molar-refractivity contribution is 7.91. The number of hydrazine groups is 2. The van der Waals surface area contributed by atoms with Gasteiger partial charge in [0, 0.05) is 13.0 Å². The lowest BCUT2D eigenvalue weighted by molar-refractivity contribution is -0.274. The van der Waals surface area contributed by atoms with E-state index in [9.17, 15) is 31.2 Å². The number of hydrazone groups is 1. The molecule has 0 unspecified atom stereocenters. The third kappa shape index (κ3) is 5.72. The lowest BCUT2D eigenvalue weighted by Gasteiger charge is -2.23. The van der Waals surface area contributed by atoms with Crippen LogP contribution in [0.25, 0.3) is 0 Å². The van der Waals surface area contributed by atoms with Crippen LogP contribution in [-0.2, 0) is 14.6 Å². The molecule has 0 radical (unpaired) electrons. The minimum Gasteiger partial charge on any atom is -0.404 e. The Kier molecular flexibility index (Phi) is 6.71. The molecule has 0 spiro atoms. The molecule has 2 aliphatic heterocycles. The number of halogens is 4. The zero-order chi connectivity index (χ0) is 23.7. The monoisotopic (exact) mass is 498 g/mol. The largest absolute Gasteiger partial charge is 0.573 e. The van der Waals surface area contributed by atoms with Crippen molar-refractivity contribution in [1.82, 2.24) is 21.4 Å². The number of amides is 2. The average Bonchev–Trinajstić information content (AvgIpc) is 3.07. The van der Waals surface area contributed by atoms with Gasteiger partial charge in [0.15, 0.2) is 5.75 Å². The molecule has 0 atom stereocenters. The second-order valence-electron chi connectivity index (χ2n) is 6.94. The predicted molar refractivity (Wildman–Crippen MR) is 107 cm³/mol. The number of carbonyl (C=O) groups is 2. The summed E-state index contributed by atoms with van der Waals surface area (Å²) in [5.74, 6) is -3.52. The number of benzene rings is 1. The Bertz CT molecular complexity index is 1050. The first-order chi connectivity index (χ1) is 14.9. The molecule has 2 aliphatic rings. The molecule has 32 heavy (non-hydrogen) atoms. The molecule has 2 heterocycles. The van der Waals surface area contributed by atoms with Gasteiger partial charge in [-0.15, -0.1) is 23.8 Å². The Labute approximate surface area is 185 Å². The smallest absolute Gasteiger partial charge is 0.404 e. The topological polar surface area (TPSA) is 141 Å². The van der Waals surface area contributed by atoms with Gasteiger partial charge in [-0.05, 0) is 25.0 Å². The molecule has 11 nitrogen and oxygen atoms in total. The molecule has 2 amide bonds. The van der Waals surface area contributed by atoms with Crippen molar-refractivity contribution in [1.29, 1.82) is 0 Å². The van der Waals surface area contributed by atoms with E-state index in [1.54, 1.807) is 0 Å². The number of carbonyl (C=O) groups excluding carboxylic acids is 2. The van der Waals surface area contributed by atoms with E-state index in [-0.39, 0.29) is 35.9 Å². The van der Waals surface area contributed by atoms with E-state index >= 15 is 0 Å². The lowest BCUT2D eigenvalue weighted by Crippen LogP contribution is -2.45. The Morgan fingerprint density at radius 3 is 2.47 bits per heavy atom. The number of hydrogen-bond acceptors (Lipinski definition) is 9. The molecular formula is C16H18ClF3N6O5S. The number of sulfone groups is 1. The number of hydrogen-bond donors (Lipinski definition) is 4. The normalized spacial score (nSPS) is 18.5. The first-order valence-electron chi connectivity index (χ1n) is 9.09. The maximum absolute atomic E-state index is 12.8. The van der Waals surface area contributed by atoms with Crippen LogP contribution in [0, 0.1) is 5.92 Å². The summed E-state index contributed by atoms with van der Waals surface area (Å²) in [5.41, 5.74) is 4.10. The highest BCUT2D eigenvalue weighted by atomic mass is 35.5. The van der Waals surface area contributed by atoms with Gasteiger partial charge in [-0.2, -0.15) is 0 Å². The van der Waals surface area contributed by atoms with Crippen LogP contribution in [-0.4, -0.2) is 56.1 Å². The summed E-state index contributed by atoms with van der Waals surface area (Å²) < 4.78 is 65.6. The van der Waals surface area contributed by atoms with Crippen molar-refractivity contribution in [2.24, 2.45) is 11.0 Å². The van der Waals surface area contributed by atoms with E-state index in [2.05, 4.69) is 31.5 Å². The molecule has 176 valence electrons. The molecule has 0 bridgehead atoms. The van der Waals surface area contributed by atoms with Crippen molar-refractivity contribution in [2.45, 2.75) is 19.2 Å². The van der Waals surface area contributed by atoms with Gasteiger partial charge in [-0.25, -0.2) is 14.0 Å². The fourth-order valence-electron chi connectivity index (χ4n) is 3.00. The molecule has 3 rings (SSSR count). The van der Waals surface area contributed by atoms with Crippen molar-refractivity contribution in [3.63, 3.8) is 0 Å². The van der Waals surface area contributed by atoms with Crippen LogP contribution in [0.3, 0.4) is 0 Å². The Morgan fingerprint density at radius 2 is 1.91 bits per heavy atom. The fraction of sp³-hybridized carbons (Fsp3) is 0.438. The van der Waals surface area contributed by atoms with Crippen molar-refractivity contribution < 1.29 is 35.9 Å². The van der Waals surface area contributed by atoms with Crippen LogP contribution in [0.2, 0.25) is 5.02 Å². The molecular weight excluding hydrogens is 481 g/mol. The minimum absolute atomic E-state index is 0.00752. The molecule has 0 saturated carbocycles. The molecule has 1 saturated heterocycles. The zero-order valence-electron chi connectivity index (χ0n) is 16.4. The summed E-state index contributed by atoms with van der Waals surface area (Å²) in [5, 5.41) is 9.20. The fourth-order valence-corrected chi connectivity index (χ4v) is 4.78. The molecule has 16 heteroatoms. The molecule has 1 aromatic rings. The maximum atomic E-state index is 12.8. The number of ether oxygens (including phenoxy) is 1. The number of guanidine groups is 1. The molecule has 1 aromatic carbocycles. The standard InChI is InChI=1S/C16H18ClF3N6O5S/c1-26-15(23-24-25-26)22-14(28)9-2-3-10(31-16(18,19)20)12(11(9)17)21-13(27)8-4-6-32(29,30)7-5-8/h2-3,8,24-25H,4-7H2,1H3,(H,21,27)(H,22,23,28). The summed E-state index contributed by atoms with van der Waals surface area (Å²) in [6.07, 6.45) is -5.08. The van der Waals surface area contributed by atoms with Crippen LogP contribution in [0.15, 0.2) is 17.2 Å². The average molecular weight is 499 g/mol. The summed E-state index contributed by atoms with van der Waals surface area (Å²) in [4.78, 5) is 25.2. The maximum Gasteiger partial charge on any atom is 0.573 e. The van der Waals surface area contributed by atoms with E-state index in [1.807, 2.05) is 0 Å². The van der Waals surface area contributed by atoms with Gasteiger partial charge in [0.05, 0.1) is 22.1 Å². The van der Waals surface area contributed by atoms with Gasteiger partial charge in [0.1, 0.15) is 15.5 Å². The van der Waals surface area contributed by atoms with Gasteiger partial charge in [0.25, 0.3) is 5.91 Å². The van der Waals surface area contributed by atoms with Crippen molar-refractivity contribution >= 4 is 44.9 Å². The second-order valence-corrected chi connectivity index (χ2v) is 9.62. The number of nitrogens with one attached hydrogen (secondary N) is 4. The first-order valence-corrected chi connectivity index (χ1v) is 11.3. The summed E-state index contributed by atoms with van der Waals surface area (Å²) >= 11 is 6.18. The highest BCUT2D eigenvalue weighted by Gasteiger charge is 2.35. The van der Waals surface area contributed by atoms with Gasteiger partial charge in [-0.1, -0.05) is 11.6 Å². The number of alkyl halides is 3. The van der Waals surface area contributed by atoms with Crippen LogP contribution in [0.1, 0.15) is 23.2 Å². The first kappa shape index (κ1) is 23.9. The second kappa shape index (κ2) is 8.99. The van der Waals surface area contributed by atoms with Crippen molar-refractivity contribution in [2.75, 3.05) is 23.9 Å². The third-order valence-electron chi connectivity index (χ3n) is 4.67. The van der Waals surface area contributed by atoms with Gasteiger partial charge in [0.2, 0.25) is 11.9 Å². The Hall–Kier alpha value is -2.78. The van der Waals surface area contributed by atoms with Crippen molar-refractivity contribution in [3.05, 3.63) is 22.7 Å². The van der Waals surface area contributed by atoms with E-state index < -0.39 is 50.4 Å². The number of anilines is 1. The Balaban J connectivity index is 1.88. The highest BCUT2D eigenvalue weighted by Crippen LogP contribution is 2.39. The summed E-state index contributed by atoms with van der Waals surface area (Å²) in [6, 6.07) is 1.84. The van der Waals surface area contributed by atoms with E-state index in [4.69, 9.17) is 11.6 Å². The minimum atomic E-state index is -5.09. The molecule has 0 aromatic heterocycles. The Morgan fingerprint density at radius 1 is 1.25 bits per heavy atom. The lowest BCUT2D eigenvalue weighted by atomic mass is 10.0. The quantitative estimate of drug-likeness (QED) is 0.481. The van der Waals surface area contributed by atoms with E-state index in [0.717, 1.165) is 12.1 Å². The van der Waals surface area contributed by atoms with E-state index in [0.29, 0.717) is 0 Å². The summed E-state index contributed by atoms with van der Waals surface area (Å²) in [6.45, 7) is 0. The predicted octanol–water partition coefficient (Wildman–Crippen LogP) is 0.957.